The molecule has 0 spiro atoms. The minimum atomic E-state index is -2.80. The SMILES string of the molecule is Cc1cc(CNc2ccc(OC(F)F)cc2)n(C)n1. The Morgan fingerprint density at radius 1 is 1.32 bits per heavy atom. The molecule has 1 N–H and O–H groups in total. The average Bonchev–Trinajstić information content (AvgIpc) is 2.66. The topological polar surface area (TPSA) is 39.1 Å². The van der Waals surface area contributed by atoms with Crippen LogP contribution < -0.4 is 10.1 Å². The molecule has 0 aliphatic rings. The van der Waals surface area contributed by atoms with Crippen LogP contribution in [0.5, 0.6) is 5.75 Å². The van der Waals surface area contributed by atoms with Gasteiger partial charge in [-0.3, -0.25) is 4.68 Å². The van der Waals surface area contributed by atoms with Crippen LogP contribution in [0.3, 0.4) is 0 Å². The standard InChI is InChI=1S/C13H15F2N3O/c1-9-7-11(18(2)17-9)8-16-10-3-5-12(6-4-10)19-13(14)15/h3-7,13,16H,8H2,1-2H3. The van der Waals surface area contributed by atoms with Crippen LogP contribution in [0.25, 0.3) is 0 Å². The summed E-state index contributed by atoms with van der Waals surface area (Å²) in [6.45, 7) is -0.247. The number of benzene rings is 1. The molecule has 0 aliphatic carbocycles. The lowest BCUT2D eigenvalue weighted by atomic mass is 10.3. The van der Waals surface area contributed by atoms with Crippen molar-refractivity contribution >= 4 is 5.69 Å². The molecule has 4 nitrogen and oxygen atoms in total. The Kier molecular flexibility index (Phi) is 3.99. The van der Waals surface area contributed by atoms with E-state index in [1.807, 2.05) is 20.0 Å². The van der Waals surface area contributed by atoms with E-state index in [0.717, 1.165) is 17.1 Å². The highest BCUT2D eigenvalue weighted by atomic mass is 19.3. The molecule has 2 aromatic rings. The molecule has 0 radical (unpaired) electrons. The van der Waals surface area contributed by atoms with Gasteiger partial charge in [-0.25, -0.2) is 0 Å². The monoisotopic (exact) mass is 267 g/mol. The van der Waals surface area contributed by atoms with Crippen LogP contribution in [-0.2, 0) is 13.6 Å². The first-order valence-corrected chi connectivity index (χ1v) is 5.83. The van der Waals surface area contributed by atoms with E-state index in [4.69, 9.17) is 0 Å². The number of hydrogen-bond donors (Lipinski definition) is 1. The highest BCUT2D eigenvalue weighted by Crippen LogP contribution is 2.18. The van der Waals surface area contributed by atoms with Gasteiger partial charge in [0, 0.05) is 12.7 Å². The Bertz CT molecular complexity index is 537. The molecule has 2 rings (SSSR count). The van der Waals surface area contributed by atoms with Gasteiger partial charge < -0.3 is 10.1 Å². The third-order valence-electron chi connectivity index (χ3n) is 2.65. The summed E-state index contributed by atoms with van der Waals surface area (Å²) < 4.78 is 30.1. The van der Waals surface area contributed by atoms with Gasteiger partial charge in [0.15, 0.2) is 0 Å². The molecule has 0 aliphatic heterocycles. The summed E-state index contributed by atoms with van der Waals surface area (Å²) in [4.78, 5) is 0. The molecule has 6 heteroatoms. The minimum absolute atomic E-state index is 0.150. The molecule has 0 amide bonds. The zero-order valence-corrected chi connectivity index (χ0v) is 10.7. The van der Waals surface area contributed by atoms with Crippen LogP contribution in [-0.4, -0.2) is 16.4 Å². The number of hydrogen-bond acceptors (Lipinski definition) is 3. The van der Waals surface area contributed by atoms with Crippen LogP contribution in [0.2, 0.25) is 0 Å². The Balaban J connectivity index is 1.94. The van der Waals surface area contributed by atoms with Crippen LogP contribution in [0, 0.1) is 6.92 Å². The van der Waals surface area contributed by atoms with E-state index in [1.54, 1.807) is 16.8 Å². The quantitative estimate of drug-likeness (QED) is 0.905. The highest BCUT2D eigenvalue weighted by Gasteiger charge is 2.04. The van der Waals surface area contributed by atoms with E-state index in [-0.39, 0.29) is 5.75 Å². The van der Waals surface area contributed by atoms with Gasteiger partial charge in [-0.2, -0.15) is 13.9 Å². The first-order valence-electron chi connectivity index (χ1n) is 5.83. The van der Waals surface area contributed by atoms with Crippen molar-refractivity contribution in [3.63, 3.8) is 0 Å². The average molecular weight is 267 g/mol. The van der Waals surface area contributed by atoms with Gasteiger partial charge in [-0.15, -0.1) is 0 Å². The molecule has 1 aromatic heterocycles. The van der Waals surface area contributed by atoms with Crippen LogP contribution in [0.1, 0.15) is 11.4 Å². The second-order valence-corrected chi connectivity index (χ2v) is 4.16. The van der Waals surface area contributed by atoms with Gasteiger partial charge >= 0.3 is 6.61 Å². The zero-order valence-electron chi connectivity index (χ0n) is 10.7. The molecule has 0 atom stereocenters. The fraction of sp³-hybridized carbons (Fsp3) is 0.308. The molecule has 19 heavy (non-hydrogen) atoms. The van der Waals surface area contributed by atoms with Crippen molar-refractivity contribution in [2.75, 3.05) is 5.32 Å². The Hall–Kier alpha value is -2.11. The number of anilines is 1. The Morgan fingerprint density at radius 2 is 2.00 bits per heavy atom. The molecular formula is C13H15F2N3O. The molecule has 0 unspecified atom stereocenters. The van der Waals surface area contributed by atoms with Gasteiger partial charge in [0.25, 0.3) is 0 Å². The van der Waals surface area contributed by atoms with Crippen LogP contribution in [0.15, 0.2) is 30.3 Å². The number of nitrogens with zero attached hydrogens (tertiary/aromatic N) is 2. The second kappa shape index (κ2) is 5.69. The van der Waals surface area contributed by atoms with Gasteiger partial charge in [0.05, 0.1) is 17.9 Å². The van der Waals surface area contributed by atoms with Crippen molar-refractivity contribution in [1.82, 2.24) is 9.78 Å². The summed E-state index contributed by atoms with van der Waals surface area (Å²) in [5, 5.41) is 7.44. The lowest BCUT2D eigenvalue weighted by molar-refractivity contribution is -0.0498. The Labute approximate surface area is 110 Å². The zero-order chi connectivity index (χ0) is 13.8. The highest BCUT2D eigenvalue weighted by molar-refractivity contribution is 5.46. The molecule has 0 saturated heterocycles. The second-order valence-electron chi connectivity index (χ2n) is 4.16. The normalized spacial score (nSPS) is 10.8. The van der Waals surface area contributed by atoms with Crippen LogP contribution in [0.4, 0.5) is 14.5 Å². The summed E-state index contributed by atoms with van der Waals surface area (Å²) in [5.74, 6) is 0.150. The van der Waals surface area contributed by atoms with Crippen molar-refractivity contribution in [2.24, 2.45) is 7.05 Å². The van der Waals surface area contributed by atoms with E-state index in [2.05, 4.69) is 15.2 Å². The predicted molar refractivity (Wildman–Crippen MR) is 68.3 cm³/mol. The van der Waals surface area contributed by atoms with Gasteiger partial charge in [0.1, 0.15) is 5.75 Å². The molecule has 0 saturated carbocycles. The van der Waals surface area contributed by atoms with E-state index in [0.29, 0.717) is 6.54 Å². The largest absolute Gasteiger partial charge is 0.435 e. The summed E-state index contributed by atoms with van der Waals surface area (Å²) in [6.07, 6.45) is 0. The summed E-state index contributed by atoms with van der Waals surface area (Å²) in [5.41, 5.74) is 2.84. The third-order valence-corrected chi connectivity index (χ3v) is 2.65. The number of aryl methyl sites for hydroxylation is 2. The van der Waals surface area contributed by atoms with Crippen molar-refractivity contribution in [3.05, 3.63) is 41.7 Å². The maximum absolute atomic E-state index is 12.0. The summed E-state index contributed by atoms with van der Waals surface area (Å²) in [7, 11) is 1.88. The van der Waals surface area contributed by atoms with E-state index in [9.17, 15) is 8.78 Å². The lowest BCUT2D eigenvalue weighted by Gasteiger charge is -2.08. The van der Waals surface area contributed by atoms with Crippen LogP contribution >= 0.6 is 0 Å². The molecule has 0 bridgehead atoms. The smallest absolute Gasteiger partial charge is 0.387 e. The van der Waals surface area contributed by atoms with E-state index < -0.39 is 6.61 Å². The number of aromatic nitrogens is 2. The van der Waals surface area contributed by atoms with Crippen molar-refractivity contribution < 1.29 is 13.5 Å². The molecule has 1 heterocycles. The van der Waals surface area contributed by atoms with E-state index >= 15 is 0 Å². The molecule has 0 fully saturated rings. The summed E-state index contributed by atoms with van der Waals surface area (Å²) >= 11 is 0. The molecular weight excluding hydrogens is 252 g/mol. The first kappa shape index (κ1) is 13.3. The number of rotatable bonds is 5. The molecule has 102 valence electrons. The number of alkyl halides is 2. The first-order chi connectivity index (χ1) is 9.04. The lowest BCUT2D eigenvalue weighted by Crippen LogP contribution is -2.05. The van der Waals surface area contributed by atoms with Gasteiger partial charge in [-0.05, 0) is 37.3 Å². The fourth-order valence-corrected chi connectivity index (χ4v) is 1.78. The summed E-state index contributed by atoms with van der Waals surface area (Å²) in [6, 6.07) is 8.38. The number of nitrogens with one attached hydrogen (secondary N) is 1. The van der Waals surface area contributed by atoms with Gasteiger partial charge in [0.2, 0.25) is 0 Å². The maximum Gasteiger partial charge on any atom is 0.387 e. The number of ether oxygens (including phenoxy) is 1. The van der Waals surface area contributed by atoms with Crippen molar-refractivity contribution in [3.8, 4) is 5.75 Å². The predicted octanol–water partition coefficient (Wildman–Crippen LogP) is 2.94. The third kappa shape index (κ3) is 3.67. The van der Waals surface area contributed by atoms with Crippen molar-refractivity contribution in [2.45, 2.75) is 20.1 Å². The molecule has 1 aromatic carbocycles. The van der Waals surface area contributed by atoms with Crippen molar-refractivity contribution in [1.29, 1.82) is 0 Å². The maximum atomic E-state index is 12.0. The minimum Gasteiger partial charge on any atom is -0.435 e. The fourth-order valence-electron chi connectivity index (χ4n) is 1.78. The Morgan fingerprint density at radius 3 is 2.53 bits per heavy atom. The van der Waals surface area contributed by atoms with E-state index in [1.165, 1.54) is 12.1 Å². The number of halogens is 2. The van der Waals surface area contributed by atoms with Gasteiger partial charge in [-0.1, -0.05) is 0 Å².